The molecule has 0 bridgehead atoms. The molecule has 2 atom stereocenters. The monoisotopic (exact) mass is 272 g/mol. The molecule has 1 N–H and O–H groups in total. The number of fused-ring (bicyclic) bond motifs is 1. The van der Waals surface area contributed by atoms with Crippen LogP contribution in [-0.4, -0.2) is 37.0 Å². The molecule has 2 fully saturated rings. The number of amides is 1. The zero-order chi connectivity index (χ0) is 11.1. The second-order valence-electron chi connectivity index (χ2n) is 4.86. The molecule has 0 unspecified atom stereocenters. The van der Waals surface area contributed by atoms with Crippen molar-refractivity contribution in [2.24, 2.45) is 11.8 Å². The lowest BCUT2D eigenvalue weighted by molar-refractivity contribution is 0.0781. The maximum atomic E-state index is 12.3. The Balaban J connectivity index is 0.00000108. The van der Waals surface area contributed by atoms with Crippen LogP contribution in [0.2, 0.25) is 0 Å². The molecule has 1 amide bonds. The van der Waals surface area contributed by atoms with E-state index in [-0.39, 0.29) is 18.3 Å². The summed E-state index contributed by atoms with van der Waals surface area (Å²) in [7, 11) is 0. The van der Waals surface area contributed by atoms with Gasteiger partial charge in [0.25, 0.3) is 5.91 Å². The first-order valence-corrected chi connectivity index (χ1v) is 6.73. The summed E-state index contributed by atoms with van der Waals surface area (Å²) in [5, 5.41) is 7.42. The zero-order valence-corrected chi connectivity index (χ0v) is 11.4. The van der Waals surface area contributed by atoms with Crippen LogP contribution in [-0.2, 0) is 0 Å². The van der Waals surface area contributed by atoms with E-state index in [1.54, 1.807) is 11.3 Å². The fraction of sp³-hybridized carbons (Fsp3) is 0.583. The molecule has 94 valence electrons. The molecule has 0 radical (unpaired) electrons. The average Bonchev–Trinajstić information content (AvgIpc) is 2.89. The van der Waals surface area contributed by atoms with Crippen molar-refractivity contribution in [2.75, 3.05) is 26.2 Å². The number of nitrogens with zero attached hydrogens (tertiary/aromatic N) is 1. The van der Waals surface area contributed by atoms with E-state index in [0.29, 0.717) is 11.8 Å². The highest BCUT2D eigenvalue weighted by atomic mass is 35.5. The molecule has 2 aliphatic rings. The van der Waals surface area contributed by atoms with Crippen LogP contribution >= 0.6 is 23.7 Å². The number of carbonyl (C=O) groups excluding carboxylic acids is 1. The Morgan fingerprint density at radius 1 is 1.35 bits per heavy atom. The number of nitrogens with one attached hydrogen (secondary N) is 1. The number of carbonyl (C=O) groups is 1. The predicted molar refractivity (Wildman–Crippen MR) is 72.1 cm³/mol. The summed E-state index contributed by atoms with van der Waals surface area (Å²) < 4.78 is 0. The Kier molecular flexibility index (Phi) is 3.76. The van der Waals surface area contributed by atoms with Crippen molar-refractivity contribution < 1.29 is 4.79 Å². The minimum atomic E-state index is 0. The van der Waals surface area contributed by atoms with Crippen molar-refractivity contribution in [1.29, 1.82) is 0 Å². The van der Waals surface area contributed by atoms with Gasteiger partial charge in [-0.3, -0.25) is 4.79 Å². The molecule has 5 heteroatoms. The van der Waals surface area contributed by atoms with Gasteiger partial charge in [-0.05, 0) is 29.7 Å². The van der Waals surface area contributed by atoms with Gasteiger partial charge in [0.2, 0.25) is 0 Å². The quantitative estimate of drug-likeness (QED) is 0.845. The SMILES string of the molecule is Cc1cscc1C(=O)N1C[C@H]2CNC[C@H]2C1.Cl. The third-order valence-electron chi connectivity index (χ3n) is 3.76. The summed E-state index contributed by atoms with van der Waals surface area (Å²) >= 11 is 1.61. The van der Waals surface area contributed by atoms with Crippen LogP contribution in [0.4, 0.5) is 0 Å². The maximum absolute atomic E-state index is 12.3. The van der Waals surface area contributed by atoms with Gasteiger partial charge in [-0.15, -0.1) is 12.4 Å². The van der Waals surface area contributed by atoms with Crippen molar-refractivity contribution in [1.82, 2.24) is 10.2 Å². The lowest BCUT2D eigenvalue weighted by Crippen LogP contribution is -2.31. The molecule has 3 rings (SSSR count). The third kappa shape index (κ3) is 2.21. The van der Waals surface area contributed by atoms with Gasteiger partial charge in [0.05, 0.1) is 5.56 Å². The highest BCUT2D eigenvalue weighted by molar-refractivity contribution is 7.08. The van der Waals surface area contributed by atoms with Crippen molar-refractivity contribution in [2.45, 2.75) is 6.92 Å². The predicted octanol–water partition coefficient (Wildman–Crippen LogP) is 1.77. The Morgan fingerprint density at radius 2 is 2.00 bits per heavy atom. The number of rotatable bonds is 1. The fourth-order valence-corrected chi connectivity index (χ4v) is 3.59. The van der Waals surface area contributed by atoms with Gasteiger partial charge in [-0.25, -0.2) is 0 Å². The topological polar surface area (TPSA) is 32.3 Å². The van der Waals surface area contributed by atoms with E-state index in [4.69, 9.17) is 0 Å². The maximum Gasteiger partial charge on any atom is 0.254 e. The first-order chi connectivity index (χ1) is 7.75. The van der Waals surface area contributed by atoms with E-state index in [1.807, 2.05) is 22.6 Å². The molecule has 2 saturated heterocycles. The van der Waals surface area contributed by atoms with E-state index in [0.717, 1.165) is 37.3 Å². The number of thiophene rings is 1. The summed E-state index contributed by atoms with van der Waals surface area (Å²) in [6, 6.07) is 0. The van der Waals surface area contributed by atoms with E-state index in [1.165, 1.54) is 0 Å². The van der Waals surface area contributed by atoms with Crippen LogP contribution in [0.5, 0.6) is 0 Å². The minimum Gasteiger partial charge on any atom is -0.338 e. The largest absolute Gasteiger partial charge is 0.338 e. The smallest absolute Gasteiger partial charge is 0.254 e. The van der Waals surface area contributed by atoms with Crippen molar-refractivity contribution in [3.8, 4) is 0 Å². The van der Waals surface area contributed by atoms with E-state index < -0.39 is 0 Å². The second-order valence-corrected chi connectivity index (χ2v) is 5.60. The molecule has 0 spiro atoms. The van der Waals surface area contributed by atoms with Crippen LogP contribution in [0.15, 0.2) is 10.8 Å². The standard InChI is InChI=1S/C12H16N2OS.ClH/c1-8-6-16-7-11(8)12(15)14-4-9-2-13-3-10(9)5-14;/h6-7,9-10,13H,2-5H2,1H3;1H/t9-,10+;. The van der Waals surface area contributed by atoms with Gasteiger partial charge >= 0.3 is 0 Å². The van der Waals surface area contributed by atoms with Crippen molar-refractivity contribution in [3.63, 3.8) is 0 Å². The van der Waals surface area contributed by atoms with Gasteiger partial charge < -0.3 is 10.2 Å². The van der Waals surface area contributed by atoms with Gasteiger partial charge in [0.1, 0.15) is 0 Å². The molecule has 0 aliphatic carbocycles. The molecule has 0 saturated carbocycles. The lowest BCUT2D eigenvalue weighted by Gasteiger charge is -2.17. The van der Waals surface area contributed by atoms with Gasteiger partial charge in [-0.2, -0.15) is 11.3 Å². The molecule has 17 heavy (non-hydrogen) atoms. The van der Waals surface area contributed by atoms with Gasteiger partial charge in [0, 0.05) is 31.6 Å². The number of halogens is 1. The van der Waals surface area contributed by atoms with Crippen LogP contribution < -0.4 is 5.32 Å². The number of aryl methyl sites for hydroxylation is 1. The van der Waals surface area contributed by atoms with Gasteiger partial charge in [-0.1, -0.05) is 0 Å². The molecule has 0 aromatic carbocycles. The highest BCUT2D eigenvalue weighted by Crippen LogP contribution is 2.28. The number of hydrogen-bond acceptors (Lipinski definition) is 3. The Morgan fingerprint density at radius 3 is 2.53 bits per heavy atom. The fourth-order valence-electron chi connectivity index (χ4n) is 2.77. The Bertz CT molecular complexity index is 408. The third-order valence-corrected chi connectivity index (χ3v) is 4.62. The van der Waals surface area contributed by atoms with Crippen LogP contribution in [0, 0.1) is 18.8 Å². The second kappa shape index (κ2) is 4.96. The first-order valence-electron chi connectivity index (χ1n) is 5.78. The van der Waals surface area contributed by atoms with Crippen LogP contribution in [0.3, 0.4) is 0 Å². The number of hydrogen-bond donors (Lipinski definition) is 1. The van der Waals surface area contributed by atoms with Crippen molar-refractivity contribution in [3.05, 3.63) is 21.9 Å². The average molecular weight is 273 g/mol. The highest BCUT2D eigenvalue weighted by Gasteiger charge is 2.38. The van der Waals surface area contributed by atoms with E-state index in [9.17, 15) is 4.79 Å². The van der Waals surface area contributed by atoms with E-state index >= 15 is 0 Å². The molecule has 2 aliphatic heterocycles. The lowest BCUT2D eigenvalue weighted by atomic mass is 10.0. The van der Waals surface area contributed by atoms with E-state index in [2.05, 4.69) is 5.32 Å². The summed E-state index contributed by atoms with van der Waals surface area (Å²) in [5.74, 6) is 1.60. The molecule has 3 nitrogen and oxygen atoms in total. The molecular weight excluding hydrogens is 256 g/mol. The van der Waals surface area contributed by atoms with Gasteiger partial charge in [0.15, 0.2) is 0 Å². The molecule has 1 aromatic rings. The summed E-state index contributed by atoms with van der Waals surface area (Å²) in [6.07, 6.45) is 0. The Hall–Kier alpha value is -0.580. The summed E-state index contributed by atoms with van der Waals surface area (Å²) in [4.78, 5) is 14.3. The normalized spacial score (nSPS) is 26.8. The minimum absolute atomic E-state index is 0. The summed E-state index contributed by atoms with van der Waals surface area (Å²) in [5.41, 5.74) is 2.02. The molecular formula is C12H17ClN2OS. The Labute approximate surface area is 112 Å². The number of likely N-dealkylation sites (tertiary alicyclic amines) is 1. The van der Waals surface area contributed by atoms with Crippen LogP contribution in [0.1, 0.15) is 15.9 Å². The zero-order valence-electron chi connectivity index (χ0n) is 9.81. The van der Waals surface area contributed by atoms with Crippen molar-refractivity contribution >= 4 is 29.7 Å². The summed E-state index contributed by atoms with van der Waals surface area (Å²) in [6.45, 7) is 6.05. The molecule has 1 aromatic heterocycles. The first kappa shape index (κ1) is 12.9. The molecule has 3 heterocycles. The van der Waals surface area contributed by atoms with Crippen LogP contribution in [0.25, 0.3) is 0 Å².